The van der Waals surface area contributed by atoms with Crippen LogP contribution in [0.2, 0.25) is 0 Å². The minimum Gasteiger partial charge on any atom is -0.380 e. The summed E-state index contributed by atoms with van der Waals surface area (Å²) in [5.74, 6) is 0.206. The Morgan fingerprint density at radius 3 is 2.84 bits per heavy atom. The minimum atomic E-state index is -0.105. The molecule has 7 heteroatoms. The molecule has 0 saturated heterocycles. The van der Waals surface area contributed by atoms with Crippen LogP contribution in [0, 0.1) is 5.92 Å². The lowest BCUT2D eigenvalue weighted by molar-refractivity contribution is -0.123. The monoisotopic (exact) mass is 269 g/mol. The summed E-state index contributed by atoms with van der Waals surface area (Å²) < 4.78 is 6.85. The molecule has 19 heavy (non-hydrogen) atoms. The number of nitrogens with one attached hydrogen (secondary N) is 1. The van der Waals surface area contributed by atoms with Gasteiger partial charge in [0.05, 0.1) is 24.5 Å². The third kappa shape index (κ3) is 5.35. The molecule has 0 fully saturated rings. The van der Waals surface area contributed by atoms with Crippen molar-refractivity contribution >= 4 is 5.91 Å². The number of hydrogen-bond donors (Lipinski definition) is 2. The van der Waals surface area contributed by atoms with E-state index in [2.05, 4.69) is 15.6 Å². The van der Waals surface area contributed by atoms with Gasteiger partial charge in [0, 0.05) is 13.2 Å². The molecular weight excluding hydrogens is 246 g/mol. The molecule has 0 saturated carbocycles. The van der Waals surface area contributed by atoms with E-state index < -0.39 is 0 Å². The summed E-state index contributed by atoms with van der Waals surface area (Å²) in [5, 5.41) is 10.6. The number of nitrogens with zero attached hydrogens (tertiary/aromatic N) is 3. The SMILES string of the molecule is CCOCC(NC(=O)Cn1cc(CN)nn1)C(C)C. The van der Waals surface area contributed by atoms with Gasteiger partial charge < -0.3 is 15.8 Å². The van der Waals surface area contributed by atoms with Gasteiger partial charge in [-0.3, -0.25) is 4.79 Å². The van der Waals surface area contributed by atoms with E-state index in [1.165, 1.54) is 4.68 Å². The average molecular weight is 269 g/mol. The van der Waals surface area contributed by atoms with Gasteiger partial charge in [0.2, 0.25) is 5.91 Å². The molecule has 1 heterocycles. The maximum Gasteiger partial charge on any atom is 0.242 e. The van der Waals surface area contributed by atoms with Crippen LogP contribution < -0.4 is 11.1 Å². The number of aromatic nitrogens is 3. The molecule has 0 spiro atoms. The molecule has 0 aromatic carbocycles. The Kier molecular flexibility index (Phi) is 6.44. The van der Waals surface area contributed by atoms with E-state index in [9.17, 15) is 4.79 Å². The predicted molar refractivity (Wildman–Crippen MR) is 71.2 cm³/mol. The largest absolute Gasteiger partial charge is 0.380 e. The van der Waals surface area contributed by atoms with Crippen LogP contribution in [0.4, 0.5) is 0 Å². The Labute approximate surface area is 113 Å². The van der Waals surface area contributed by atoms with Crippen LogP contribution in [-0.2, 0) is 22.6 Å². The second-order valence-corrected chi connectivity index (χ2v) is 4.69. The number of hydrogen-bond acceptors (Lipinski definition) is 5. The van der Waals surface area contributed by atoms with E-state index >= 15 is 0 Å². The second-order valence-electron chi connectivity index (χ2n) is 4.69. The molecule has 0 aliphatic heterocycles. The van der Waals surface area contributed by atoms with Gasteiger partial charge in [-0.1, -0.05) is 19.1 Å². The van der Waals surface area contributed by atoms with Crippen molar-refractivity contribution in [2.75, 3.05) is 13.2 Å². The molecule has 0 radical (unpaired) electrons. The Bertz CT molecular complexity index is 391. The Morgan fingerprint density at radius 1 is 1.58 bits per heavy atom. The van der Waals surface area contributed by atoms with E-state index in [1.807, 2.05) is 20.8 Å². The highest BCUT2D eigenvalue weighted by atomic mass is 16.5. The molecule has 0 aliphatic carbocycles. The molecule has 0 bridgehead atoms. The first-order chi connectivity index (χ1) is 9.06. The molecule has 1 rings (SSSR count). The molecule has 1 amide bonds. The van der Waals surface area contributed by atoms with Crippen molar-refractivity contribution in [3.63, 3.8) is 0 Å². The summed E-state index contributed by atoms with van der Waals surface area (Å²) in [7, 11) is 0. The Morgan fingerprint density at radius 2 is 2.32 bits per heavy atom. The van der Waals surface area contributed by atoms with E-state index in [0.29, 0.717) is 31.4 Å². The summed E-state index contributed by atoms with van der Waals surface area (Å²) >= 11 is 0. The smallest absolute Gasteiger partial charge is 0.242 e. The van der Waals surface area contributed by atoms with Crippen LogP contribution >= 0.6 is 0 Å². The summed E-state index contributed by atoms with van der Waals surface area (Å²) in [6.07, 6.45) is 1.67. The van der Waals surface area contributed by atoms with Crippen LogP contribution in [0.3, 0.4) is 0 Å². The molecule has 0 aliphatic rings. The van der Waals surface area contributed by atoms with Gasteiger partial charge in [-0.2, -0.15) is 0 Å². The summed E-state index contributed by atoms with van der Waals surface area (Å²) in [6, 6.07) is 0.00458. The zero-order valence-corrected chi connectivity index (χ0v) is 11.8. The molecule has 7 nitrogen and oxygen atoms in total. The summed E-state index contributed by atoms with van der Waals surface area (Å²) in [6.45, 7) is 7.65. The zero-order chi connectivity index (χ0) is 14.3. The molecule has 1 unspecified atom stereocenters. The van der Waals surface area contributed by atoms with Crippen LogP contribution in [0.1, 0.15) is 26.5 Å². The van der Waals surface area contributed by atoms with Crippen LogP contribution in [0.25, 0.3) is 0 Å². The molecule has 3 N–H and O–H groups in total. The fraction of sp³-hybridized carbons (Fsp3) is 0.750. The maximum atomic E-state index is 11.9. The van der Waals surface area contributed by atoms with Gasteiger partial charge in [-0.25, -0.2) is 4.68 Å². The number of carbonyl (C=O) groups excluding carboxylic acids is 1. The van der Waals surface area contributed by atoms with E-state index in [1.54, 1.807) is 6.20 Å². The number of amides is 1. The van der Waals surface area contributed by atoms with Crippen molar-refractivity contribution in [3.05, 3.63) is 11.9 Å². The van der Waals surface area contributed by atoms with E-state index in [-0.39, 0.29) is 18.5 Å². The van der Waals surface area contributed by atoms with Gasteiger partial charge in [-0.05, 0) is 12.8 Å². The fourth-order valence-corrected chi connectivity index (χ4v) is 1.55. The molecule has 108 valence electrons. The average Bonchev–Trinajstić information content (AvgIpc) is 2.81. The standard InChI is InChI=1S/C12H23N5O2/c1-4-19-8-11(9(2)3)14-12(18)7-17-6-10(5-13)15-16-17/h6,9,11H,4-5,7-8,13H2,1-3H3,(H,14,18). The van der Waals surface area contributed by atoms with E-state index in [4.69, 9.17) is 10.5 Å². The fourth-order valence-electron chi connectivity index (χ4n) is 1.55. The minimum absolute atomic E-state index is 0.00458. The molecule has 1 aromatic heterocycles. The van der Waals surface area contributed by atoms with Gasteiger partial charge in [-0.15, -0.1) is 5.10 Å². The maximum absolute atomic E-state index is 11.9. The first-order valence-electron chi connectivity index (χ1n) is 6.53. The lowest BCUT2D eigenvalue weighted by Crippen LogP contribution is -2.43. The highest BCUT2D eigenvalue weighted by molar-refractivity contribution is 5.75. The third-order valence-corrected chi connectivity index (χ3v) is 2.75. The van der Waals surface area contributed by atoms with Crippen LogP contribution in [0.15, 0.2) is 6.20 Å². The van der Waals surface area contributed by atoms with Crippen molar-refractivity contribution in [1.29, 1.82) is 0 Å². The predicted octanol–water partition coefficient (Wildman–Crippen LogP) is -0.0859. The second kappa shape index (κ2) is 7.85. The normalized spacial score (nSPS) is 12.7. The zero-order valence-electron chi connectivity index (χ0n) is 11.8. The quantitative estimate of drug-likeness (QED) is 0.688. The van der Waals surface area contributed by atoms with Gasteiger partial charge >= 0.3 is 0 Å². The summed E-state index contributed by atoms with van der Waals surface area (Å²) in [5.41, 5.74) is 6.11. The molecule has 1 aromatic rings. The lowest BCUT2D eigenvalue weighted by atomic mass is 10.1. The first-order valence-corrected chi connectivity index (χ1v) is 6.53. The van der Waals surface area contributed by atoms with E-state index in [0.717, 1.165) is 0 Å². The van der Waals surface area contributed by atoms with Gasteiger partial charge in [0.1, 0.15) is 6.54 Å². The lowest BCUT2D eigenvalue weighted by Gasteiger charge is -2.22. The van der Waals surface area contributed by atoms with Crippen molar-refractivity contribution in [2.45, 2.75) is 39.9 Å². The van der Waals surface area contributed by atoms with Crippen molar-refractivity contribution < 1.29 is 9.53 Å². The highest BCUT2D eigenvalue weighted by Crippen LogP contribution is 2.02. The number of carbonyl (C=O) groups is 1. The van der Waals surface area contributed by atoms with Crippen molar-refractivity contribution in [1.82, 2.24) is 20.3 Å². The first kappa shape index (κ1) is 15.6. The number of rotatable bonds is 8. The van der Waals surface area contributed by atoms with Crippen LogP contribution in [-0.4, -0.2) is 40.2 Å². The van der Waals surface area contributed by atoms with Crippen LogP contribution in [0.5, 0.6) is 0 Å². The van der Waals surface area contributed by atoms with Crippen molar-refractivity contribution in [2.24, 2.45) is 11.7 Å². The van der Waals surface area contributed by atoms with Gasteiger partial charge in [0.25, 0.3) is 0 Å². The third-order valence-electron chi connectivity index (χ3n) is 2.75. The molecule has 1 atom stereocenters. The summed E-state index contributed by atoms with van der Waals surface area (Å²) in [4.78, 5) is 11.9. The highest BCUT2D eigenvalue weighted by Gasteiger charge is 2.16. The Balaban J connectivity index is 2.47. The van der Waals surface area contributed by atoms with Crippen molar-refractivity contribution in [3.8, 4) is 0 Å². The number of ether oxygens (including phenoxy) is 1. The number of nitrogens with two attached hydrogens (primary N) is 1. The molecular formula is C12H23N5O2. The topological polar surface area (TPSA) is 95.1 Å². The van der Waals surface area contributed by atoms with Gasteiger partial charge in [0.15, 0.2) is 0 Å². The Hall–Kier alpha value is -1.47.